The largest absolute Gasteiger partial charge is 0.493 e. The monoisotopic (exact) mass is 347 g/mol. The van der Waals surface area contributed by atoms with Crippen molar-refractivity contribution in [3.63, 3.8) is 0 Å². The smallest absolute Gasteiger partial charge is 0.303 e. The van der Waals surface area contributed by atoms with Gasteiger partial charge in [0.2, 0.25) is 0 Å². The minimum atomic E-state index is -0.916. The molecule has 1 aromatic rings. The lowest BCUT2D eigenvalue weighted by atomic mass is 10.2. The van der Waals surface area contributed by atoms with Crippen molar-refractivity contribution in [3.8, 4) is 11.5 Å². The molecule has 8 heteroatoms. The highest BCUT2D eigenvalue weighted by Crippen LogP contribution is 2.35. The summed E-state index contributed by atoms with van der Waals surface area (Å²) < 4.78 is 10.5. The summed E-state index contributed by atoms with van der Waals surface area (Å²) in [7, 11) is 1.43. The second-order valence-electron chi connectivity index (χ2n) is 3.87. The van der Waals surface area contributed by atoms with Crippen molar-refractivity contribution >= 4 is 27.6 Å². The van der Waals surface area contributed by atoms with Gasteiger partial charge in [-0.1, -0.05) is 15.9 Å². The summed E-state index contributed by atoms with van der Waals surface area (Å²) in [5.41, 5.74) is 0.403. The third-order valence-electron chi connectivity index (χ3n) is 2.50. The van der Waals surface area contributed by atoms with E-state index < -0.39 is 10.9 Å². The van der Waals surface area contributed by atoms with Crippen LogP contribution in [0, 0.1) is 10.1 Å². The number of aliphatic carboxylic acids is 1. The van der Waals surface area contributed by atoms with Gasteiger partial charge in [0.1, 0.15) is 0 Å². The summed E-state index contributed by atoms with van der Waals surface area (Å²) in [6.45, 7) is 0.146. The van der Waals surface area contributed by atoms with Crippen molar-refractivity contribution in [1.29, 1.82) is 0 Å². The third-order valence-corrected chi connectivity index (χ3v) is 3.10. The predicted octanol–water partition coefficient (Wildman–Crippen LogP) is 2.74. The first-order chi connectivity index (χ1) is 9.49. The number of hydrogen-bond acceptors (Lipinski definition) is 5. The van der Waals surface area contributed by atoms with E-state index >= 15 is 0 Å². The van der Waals surface area contributed by atoms with Crippen LogP contribution in [0.1, 0.15) is 18.4 Å². The molecule has 1 rings (SSSR count). The van der Waals surface area contributed by atoms with Crippen molar-refractivity contribution in [2.24, 2.45) is 0 Å². The molecule has 0 bridgehead atoms. The SMILES string of the molecule is COc1cc(CBr)c([N+](=O)[O-])cc1OCCCC(=O)O. The first-order valence-electron chi connectivity index (χ1n) is 5.75. The topological polar surface area (TPSA) is 98.9 Å². The van der Waals surface area contributed by atoms with Crippen molar-refractivity contribution in [3.05, 3.63) is 27.8 Å². The summed E-state index contributed by atoms with van der Waals surface area (Å²) in [6.07, 6.45) is 0.288. The van der Waals surface area contributed by atoms with E-state index in [-0.39, 0.29) is 24.5 Å². The fourth-order valence-corrected chi connectivity index (χ4v) is 2.00. The van der Waals surface area contributed by atoms with Crippen LogP contribution in [0.5, 0.6) is 11.5 Å². The number of nitro benzene ring substituents is 1. The number of carboxylic acid groups (broad SMARTS) is 1. The van der Waals surface area contributed by atoms with Gasteiger partial charge in [-0.25, -0.2) is 0 Å². The number of carboxylic acids is 1. The molecule has 1 N–H and O–H groups in total. The number of ether oxygens (including phenoxy) is 2. The molecule has 0 spiro atoms. The van der Waals surface area contributed by atoms with Crippen molar-refractivity contribution in [2.45, 2.75) is 18.2 Å². The molecule has 0 aliphatic carbocycles. The predicted molar refractivity (Wildman–Crippen MR) is 74.6 cm³/mol. The second-order valence-corrected chi connectivity index (χ2v) is 4.43. The molecule has 0 fully saturated rings. The van der Waals surface area contributed by atoms with Crippen LogP contribution in [0.3, 0.4) is 0 Å². The molecule has 0 unspecified atom stereocenters. The highest BCUT2D eigenvalue weighted by Gasteiger charge is 2.19. The van der Waals surface area contributed by atoms with Gasteiger partial charge in [-0.3, -0.25) is 14.9 Å². The number of nitrogens with zero attached hydrogens (tertiary/aromatic N) is 1. The van der Waals surface area contributed by atoms with Crippen molar-refractivity contribution < 1.29 is 24.3 Å². The van der Waals surface area contributed by atoms with Crippen LogP contribution >= 0.6 is 15.9 Å². The Labute approximate surface area is 123 Å². The van der Waals surface area contributed by atoms with Crippen molar-refractivity contribution in [1.82, 2.24) is 0 Å². The molecule has 0 atom stereocenters. The minimum Gasteiger partial charge on any atom is -0.493 e. The lowest BCUT2D eigenvalue weighted by Crippen LogP contribution is -2.04. The number of rotatable bonds is 8. The molecule has 0 saturated carbocycles. The fourth-order valence-electron chi connectivity index (χ4n) is 1.55. The molecular weight excluding hydrogens is 334 g/mol. The Kier molecular flexibility index (Phi) is 6.23. The number of nitro groups is 1. The zero-order valence-electron chi connectivity index (χ0n) is 10.8. The molecule has 0 amide bonds. The molecule has 110 valence electrons. The average Bonchev–Trinajstić information content (AvgIpc) is 2.42. The zero-order valence-corrected chi connectivity index (χ0v) is 12.4. The normalized spacial score (nSPS) is 10.1. The third kappa shape index (κ3) is 4.37. The first-order valence-corrected chi connectivity index (χ1v) is 6.87. The van der Waals surface area contributed by atoms with Gasteiger partial charge in [-0.05, 0) is 12.5 Å². The van der Waals surface area contributed by atoms with Gasteiger partial charge in [-0.15, -0.1) is 0 Å². The molecular formula is C12H14BrNO6. The lowest BCUT2D eigenvalue weighted by molar-refractivity contribution is -0.385. The number of hydrogen-bond donors (Lipinski definition) is 1. The molecule has 0 heterocycles. The first kappa shape index (κ1) is 16.2. The molecule has 0 saturated heterocycles. The van der Waals surface area contributed by atoms with Gasteiger partial charge < -0.3 is 14.6 Å². The number of carbonyl (C=O) groups is 1. The summed E-state index contributed by atoms with van der Waals surface area (Å²) in [6, 6.07) is 2.82. The summed E-state index contributed by atoms with van der Waals surface area (Å²) >= 11 is 3.18. The number of halogens is 1. The van der Waals surface area contributed by atoms with Gasteiger partial charge in [0.15, 0.2) is 11.5 Å². The molecule has 0 aliphatic rings. The van der Waals surface area contributed by atoms with Crippen molar-refractivity contribution in [2.75, 3.05) is 13.7 Å². The summed E-state index contributed by atoms with van der Waals surface area (Å²) in [5.74, 6) is -0.309. The maximum atomic E-state index is 11.0. The molecule has 0 aromatic heterocycles. The molecule has 0 aliphatic heterocycles. The highest BCUT2D eigenvalue weighted by atomic mass is 79.9. The van der Waals surface area contributed by atoms with E-state index in [4.69, 9.17) is 14.6 Å². The Morgan fingerprint density at radius 1 is 1.45 bits per heavy atom. The van der Waals surface area contributed by atoms with Crippen LogP contribution in [-0.4, -0.2) is 29.7 Å². The minimum absolute atomic E-state index is 0.0239. The Hall–Kier alpha value is -1.83. The van der Waals surface area contributed by atoms with Gasteiger partial charge in [0, 0.05) is 17.3 Å². The van der Waals surface area contributed by atoms with E-state index in [1.165, 1.54) is 19.2 Å². The summed E-state index contributed by atoms with van der Waals surface area (Å²) in [4.78, 5) is 20.8. The lowest BCUT2D eigenvalue weighted by Gasteiger charge is -2.11. The van der Waals surface area contributed by atoms with E-state index in [1.54, 1.807) is 0 Å². The van der Waals surface area contributed by atoms with E-state index in [2.05, 4.69) is 15.9 Å². The Morgan fingerprint density at radius 2 is 2.15 bits per heavy atom. The highest BCUT2D eigenvalue weighted by molar-refractivity contribution is 9.08. The maximum absolute atomic E-state index is 11.0. The van der Waals surface area contributed by atoms with E-state index in [0.29, 0.717) is 23.1 Å². The van der Waals surface area contributed by atoms with Crippen LogP contribution in [0.4, 0.5) is 5.69 Å². The Bertz CT molecular complexity index is 505. The zero-order chi connectivity index (χ0) is 15.1. The Morgan fingerprint density at radius 3 is 2.65 bits per heavy atom. The van der Waals surface area contributed by atoms with Crippen LogP contribution in [0.2, 0.25) is 0 Å². The van der Waals surface area contributed by atoms with Gasteiger partial charge >= 0.3 is 5.97 Å². The maximum Gasteiger partial charge on any atom is 0.303 e. The standard InChI is InChI=1S/C12H14BrNO6/c1-19-10-5-8(7-13)9(14(17)18)6-11(10)20-4-2-3-12(15)16/h5-6H,2-4,7H2,1H3,(H,15,16). The molecule has 20 heavy (non-hydrogen) atoms. The quantitative estimate of drug-likeness (QED) is 0.336. The summed E-state index contributed by atoms with van der Waals surface area (Å²) in [5, 5.41) is 19.8. The molecule has 7 nitrogen and oxygen atoms in total. The van der Waals surface area contributed by atoms with Crippen LogP contribution < -0.4 is 9.47 Å². The fraction of sp³-hybridized carbons (Fsp3) is 0.417. The number of alkyl halides is 1. The van der Waals surface area contributed by atoms with Gasteiger partial charge in [0.05, 0.1) is 24.7 Å². The van der Waals surface area contributed by atoms with Gasteiger partial charge in [0.25, 0.3) is 5.69 Å². The van der Waals surface area contributed by atoms with Crippen LogP contribution in [0.25, 0.3) is 0 Å². The van der Waals surface area contributed by atoms with E-state index in [1.807, 2.05) is 0 Å². The van der Waals surface area contributed by atoms with Crippen LogP contribution in [-0.2, 0) is 10.1 Å². The molecule has 1 aromatic carbocycles. The van der Waals surface area contributed by atoms with Crippen LogP contribution in [0.15, 0.2) is 12.1 Å². The second kappa shape index (κ2) is 7.68. The van der Waals surface area contributed by atoms with Gasteiger partial charge in [-0.2, -0.15) is 0 Å². The average molecular weight is 348 g/mol. The number of methoxy groups -OCH3 is 1. The molecule has 0 radical (unpaired) electrons. The van der Waals surface area contributed by atoms with E-state index in [0.717, 1.165) is 0 Å². The number of benzene rings is 1. The van der Waals surface area contributed by atoms with E-state index in [9.17, 15) is 14.9 Å². The Balaban J connectivity index is 2.90.